The monoisotopic (exact) mass is 815 g/mol. The van der Waals surface area contributed by atoms with Crippen LogP contribution in [0.3, 0.4) is 0 Å². The number of nitrogens with zero attached hydrogens (tertiary/aromatic N) is 5. The van der Waals surface area contributed by atoms with Crippen LogP contribution in [0.5, 0.6) is 0 Å². The van der Waals surface area contributed by atoms with Gasteiger partial charge in [0.05, 0.1) is 18.0 Å². The quantitative estimate of drug-likeness (QED) is 0.0521. The molecule has 4 amide bonds. The average Bonchev–Trinajstić information content (AvgIpc) is 3.64. The highest BCUT2D eigenvalue weighted by Gasteiger charge is 2.51. The molecule has 4 rings (SSSR count). The molecule has 8 unspecified atom stereocenters. The summed E-state index contributed by atoms with van der Waals surface area (Å²) in [5.41, 5.74) is 1.79. The molecule has 0 radical (unpaired) electrons. The number of amides is 4. The molecule has 1 aromatic carbocycles. The lowest BCUT2D eigenvalue weighted by atomic mass is 9.95. The maximum Gasteiger partial charge on any atom is 0.327 e. The van der Waals surface area contributed by atoms with Crippen molar-refractivity contribution in [3.05, 3.63) is 53.3 Å². The molecular formula is C37H53N9O12. The Hall–Kier alpha value is -5.16. The van der Waals surface area contributed by atoms with Crippen LogP contribution in [-0.2, 0) is 35.0 Å². The van der Waals surface area contributed by atoms with Crippen molar-refractivity contribution in [3.8, 4) is 0 Å². The van der Waals surface area contributed by atoms with E-state index in [9.17, 15) is 44.5 Å². The normalized spacial score (nSPS) is 21.3. The van der Waals surface area contributed by atoms with Gasteiger partial charge in [0.25, 0.3) is 5.91 Å². The molecule has 2 aromatic heterocycles. The third-order valence-corrected chi connectivity index (χ3v) is 9.58. The van der Waals surface area contributed by atoms with Gasteiger partial charge in [-0.25, -0.2) is 14.8 Å². The average molecular weight is 816 g/mol. The van der Waals surface area contributed by atoms with E-state index in [0.29, 0.717) is 30.0 Å². The Morgan fingerprint density at radius 2 is 1.78 bits per heavy atom. The first-order chi connectivity index (χ1) is 27.7. The number of ether oxygens (including phenoxy) is 3. The van der Waals surface area contributed by atoms with Crippen molar-refractivity contribution in [2.24, 2.45) is 5.18 Å². The summed E-state index contributed by atoms with van der Waals surface area (Å²) in [4.78, 5) is 72.5. The number of anilines is 2. The van der Waals surface area contributed by atoms with E-state index in [2.05, 4.69) is 36.4 Å². The first kappa shape index (κ1) is 45.5. The number of aromatic nitrogens is 3. The number of carbonyl (C=O) groups is 4. The Balaban J connectivity index is 1.26. The summed E-state index contributed by atoms with van der Waals surface area (Å²) < 4.78 is 18.1. The van der Waals surface area contributed by atoms with Crippen LogP contribution in [0.2, 0.25) is 0 Å². The standard InChI is InChI=1S/C37H53N9O12/c1-6-24(42-20(2)48)31(28(50)25(18-47)56-5)57-36-30(52)29(51)27(44-55)32(58-36)35(53)38-16-13-21-9-11-22(12-10-21)43-26(49)8-7-15-39-37(54)46-17-14-23-33(45(3)4)40-19-41-34(23)46/h9-12,14,17,19,24-25,27-32,36,47,50-52H,6-8,13,15-16,18H2,1-5H3,(H,38,53)(H,39,54)(H,42,48)(H,43,49)/t24-,25?,27?,28?,29?,30?,31?,32?,36?/m1/s1. The summed E-state index contributed by atoms with van der Waals surface area (Å²) in [6.45, 7) is 2.61. The zero-order valence-electron chi connectivity index (χ0n) is 33.0. The fourth-order valence-electron chi connectivity index (χ4n) is 6.47. The van der Waals surface area contributed by atoms with E-state index in [1.165, 1.54) is 24.9 Å². The number of aliphatic hydroxyl groups excluding tert-OH is 4. The van der Waals surface area contributed by atoms with Crippen molar-refractivity contribution in [1.29, 1.82) is 0 Å². The molecule has 0 aliphatic carbocycles. The van der Waals surface area contributed by atoms with Gasteiger partial charge in [-0.15, -0.1) is 0 Å². The number of hydrogen-bond acceptors (Lipinski definition) is 16. The molecule has 21 heteroatoms. The van der Waals surface area contributed by atoms with Gasteiger partial charge in [0.2, 0.25) is 11.8 Å². The molecule has 1 aliphatic rings. The summed E-state index contributed by atoms with van der Waals surface area (Å²) in [7, 11) is 4.93. The maximum absolute atomic E-state index is 13.3. The molecule has 318 valence electrons. The fraction of sp³-hybridized carbons (Fsp3) is 0.568. The van der Waals surface area contributed by atoms with Gasteiger partial charge in [-0.1, -0.05) is 24.2 Å². The van der Waals surface area contributed by atoms with Crippen molar-refractivity contribution in [2.75, 3.05) is 51.1 Å². The first-order valence-corrected chi connectivity index (χ1v) is 18.8. The number of fused-ring (bicyclic) bond motifs is 1. The second kappa shape index (κ2) is 21.6. The lowest BCUT2D eigenvalue weighted by Gasteiger charge is -2.42. The number of nitrogens with one attached hydrogen (secondary N) is 4. The van der Waals surface area contributed by atoms with Gasteiger partial charge in [0, 0.05) is 59.5 Å². The van der Waals surface area contributed by atoms with Crippen molar-refractivity contribution in [1.82, 2.24) is 30.5 Å². The molecule has 58 heavy (non-hydrogen) atoms. The highest BCUT2D eigenvalue weighted by molar-refractivity contribution is 5.95. The third kappa shape index (κ3) is 11.5. The maximum atomic E-state index is 13.3. The second-order valence-corrected chi connectivity index (χ2v) is 13.9. The molecular weight excluding hydrogens is 762 g/mol. The van der Waals surface area contributed by atoms with E-state index in [1.54, 1.807) is 43.5 Å². The molecule has 0 spiro atoms. The summed E-state index contributed by atoms with van der Waals surface area (Å²) in [6.07, 6.45) is -7.31. The van der Waals surface area contributed by atoms with E-state index in [0.717, 1.165) is 10.9 Å². The summed E-state index contributed by atoms with van der Waals surface area (Å²) in [5, 5.41) is 56.6. The molecule has 0 bridgehead atoms. The molecule has 1 aliphatic heterocycles. The number of rotatable bonds is 20. The van der Waals surface area contributed by atoms with Crippen molar-refractivity contribution in [2.45, 2.75) is 94.5 Å². The fourth-order valence-corrected chi connectivity index (χ4v) is 6.47. The number of nitroso groups, excluding NO2 is 1. The van der Waals surface area contributed by atoms with Gasteiger partial charge in [0.1, 0.15) is 42.7 Å². The Labute approximate surface area is 334 Å². The molecule has 8 N–H and O–H groups in total. The SMILES string of the molecule is CC[C@@H](NC(C)=O)C(OC1OC(C(=O)NCCc2ccc(NC(=O)CCCNC(=O)n3ccc4c(N(C)C)ncnc43)cc2)C(N=O)C(O)C1O)C(O)C(CO)OC. The van der Waals surface area contributed by atoms with E-state index in [1.807, 2.05) is 19.0 Å². The van der Waals surface area contributed by atoms with Crippen LogP contribution in [0.25, 0.3) is 11.0 Å². The highest BCUT2D eigenvalue weighted by Crippen LogP contribution is 2.28. The highest BCUT2D eigenvalue weighted by atomic mass is 16.7. The van der Waals surface area contributed by atoms with Crippen LogP contribution in [0.4, 0.5) is 16.3 Å². The van der Waals surface area contributed by atoms with Gasteiger partial charge in [-0.3, -0.25) is 19.0 Å². The number of hydrogen-bond donors (Lipinski definition) is 8. The van der Waals surface area contributed by atoms with Gasteiger partial charge in [-0.2, -0.15) is 4.91 Å². The van der Waals surface area contributed by atoms with Crippen LogP contribution in [-0.4, -0.2) is 155 Å². The lowest BCUT2D eigenvalue weighted by Crippen LogP contribution is -2.64. The predicted molar refractivity (Wildman–Crippen MR) is 209 cm³/mol. The third-order valence-electron chi connectivity index (χ3n) is 9.58. The number of methoxy groups -OCH3 is 1. The van der Waals surface area contributed by atoms with E-state index < -0.39 is 73.4 Å². The van der Waals surface area contributed by atoms with Gasteiger partial charge in [-0.05, 0) is 43.0 Å². The zero-order chi connectivity index (χ0) is 42.5. The van der Waals surface area contributed by atoms with Gasteiger partial charge in [0.15, 0.2) is 24.1 Å². The van der Waals surface area contributed by atoms with E-state index in [-0.39, 0.29) is 37.9 Å². The number of aliphatic hydroxyl groups is 4. The van der Waals surface area contributed by atoms with Crippen LogP contribution in [0, 0.1) is 4.91 Å². The van der Waals surface area contributed by atoms with Crippen molar-refractivity contribution >= 4 is 46.3 Å². The molecule has 21 nitrogen and oxygen atoms in total. The Morgan fingerprint density at radius 3 is 2.40 bits per heavy atom. The molecule has 0 saturated carbocycles. The largest absolute Gasteiger partial charge is 0.394 e. The van der Waals surface area contributed by atoms with Crippen molar-refractivity contribution < 1.29 is 53.8 Å². The second-order valence-electron chi connectivity index (χ2n) is 13.9. The molecule has 1 fully saturated rings. The number of benzene rings is 1. The summed E-state index contributed by atoms with van der Waals surface area (Å²) in [6, 6.07) is 5.66. The molecule has 3 heterocycles. The zero-order valence-corrected chi connectivity index (χ0v) is 33.0. The smallest absolute Gasteiger partial charge is 0.327 e. The van der Waals surface area contributed by atoms with Gasteiger partial charge < -0.3 is 60.8 Å². The Kier molecular flexibility index (Phi) is 16.9. The van der Waals surface area contributed by atoms with Gasteiger partial charge >= 0.3 is 6.03 Å². The van der Waals surface area contributed by atoms with Crippen LogP contribution < -0.4 is 26.2 Å². The molecule has 1 saturated heterocycles. The van der Waals surface area contributed by atoms with Crippen LogP contribution in [0.1, 0.15) is 38.7 Å². The van der Waals surface area contributed by atoms with Crippen molar-refractivity contribution in [3.63, 3.8) is 0 Å². The topological polar surface area (TPSA) is 288 Å². The first-order valence-electron chi connectivity index (χ1n) is 18.8. The minimum absolute atomic E-state index is 0.0578. The van der Waals surface area contributed by atoms with Crippen LogP contribution >= 0.6 is 0 Å². The van der Waals surface area contributed by atoms with E-state index >= 15 is 0 Å². The minimum Gasteiger partial charge on any atom is -0.394 e. The van der Waals surface area contributed by atoms with Crippen LogP contribution in [0.15, 0.2) is 48.0 Å². The summed E-state index contributed by atoms with van der Waals surface area (Å²) in [5.74, 6) is -0.871. The summed E-state index contributed by atoms with van der Waals surface area (Å²) >= 11 is 0. The van der Waals surface area contributed by atoms with E-state index in [4.69, 9.17) is 14.2 Å². The minimum atomic E-state index is -1.90. The molecule has 3 aromatic rings. The lowest BCUT2D eigenvalue weighted by molar-refractivity contribution is -0.295. The molecule has 9 atom stereocenters. The number of carbonyl (C=O) groups excluding carboxylic acids is 4. The predicted octanol–water partition coefficient (Wildman–Crippen LogP) is -0.618. The Bertz CT molecular complexity index is 1840. The Morgan fingerprint density at radius 1 is 1.05 bits per heavy atom.